The topological polar surface area (TPSA) is 127 Å². The van der Waals surface area contributed by atoms with Crippen molar-refractivity contribution < 1.29 is 23.5 Å². The fourth-order valence-electron chi connectivity index (χ4n) is 7.40. The number of aryl methyl sites for hydroxylation is 1. The zero-order chi connectivity index (χ0) is 36.3. The lowest BCUT2D eigenvalue weighted by Gasteiger charge is -2.31. The fourth-order valence-corrected chi connectivity index (χ4v) is 7.58. The van der Waals surface area contributed by atoms with Crippen LogP contribution in [0.1, 0.15) is 71.7 Å². The highest BCUT2D eigenvalue weighted by molar-refractivity contribution is 6.30. The van der Waals surface area contributed by atoms with Crippen molar-refractivity contribution in [3.63, 3.8) is 0 Å². The van der Waals surface area contributed by atoms with E-state index >= 15 is 4.39 Å². The number of nitrogens with zero attached hydrogens (tertiary/aromatic N) is 7. The third-order valence-electron chi connectivity index (χ3n) is 9.53. The second-order valence-electron chi connectivity index (χ2n) is 14.2. The number of para-hydroxylation sites is 1. The van der Waals surface area contributed by atoms with Gasteiger partial charge in [0.25, 0.3) is 5.91 Å². The van der Waals surface area contributed by atoms with Gasteiger partial charge in [-0.2, -0.15) is 5.10 Å². The van der Waals surface area contributed by atoms with E-state index in [0.29, 0.717) is 59.2 Å². The van der Waals surface area contributed by atoms with Gasteiger partial charge >= 0.3 is 6.09 Å². The maximum atomic E-state index is 15.6. The van der Waals surface area contributed by atoms with E-state index in [0.717, 1.165) is 28.9 Å². The maximum Gasteiger partial charge on any atom is 0.414 e. The van der Waals surface area contributed by atoms with Gasteiger partial charge in [-0.05, 0) is 69.9 Å². The molecular weight excluding hydrogens is 687 g/mol. The van der Waals surface area contributed by atoms with E-state index in [2.05, 4.69) is 15.6 Å². The van der Waals surface area contributed by atoms with Gasteiger partial charge in [-0.15, -0.1) is 5.10 Å². The first-order valence-corrected chi connectivity index (χ1v) is 17.6. The van der Waals surface area contributed by atoms with Crippen molar-refractivity contribution in [3.8, 4) is 11.3 Å². The average Bonchev–Trinajstić information content (AvgIpc) is 3.89. The van der Waals surface area contributed by atoms with Crippen molar-refractivity contribution >= 4 is 40.9 Å². The second-order valence-corrected chi connectivity index (χ2v) is 14.7. The van der Waals surface area contributed by atoms with Crippen LogP contribution in [0.2, 0.25) is 5.02 Å². The Balaban J connectivity index is 1.16. The molecule has 1 N–H and O–H groups in total. The molecule has 0 fully saturated rings. The molecule has 0 spiro atoms. The SMILES string of the molecule is CC(C)(C)OC(=O)N1CCc2cccc(-c3cn(Cc4nn5c(c4C(=O)N4CC(=O)Nc6ccc(Cl)cc6C4c4ccccc4F)CCC5)nn3)c21. The van der Waals surface area contributed by atoms with Gasteiger partial charge in [0.15, 0.2) is 0 Å². The molecule has 0 saturated carbocycles. The number of rotatable bonds is 5. The van der Waals surface area contributed by atoms with E-state index in [1.807, 2.05) is 43.7 Å². The number of carbonyl (C=O) groups is 3. The summed E-state index contributed by atoms with van der Waals surface area (Å²) in [7, 11) is 0. The normalized spacial score (nSPS) is 16.6. The van der Waals surface area contributed by atoms with E-state index < -0.39 is 35.4 Å². The number of hydrogen-bond acceptors (Lipinski definition) is 7. The maximum absolute atomic E-state index is 15.6. The summed E-state index contributed by atoms with van der Waals surface area (Å²) >= 11 is 6.44. The molecule has 5 aromatic rings. The molecule has 52 heavy (non-hydrogen) atoms. The molecule has 0 bridgehead atoms. The highest BCUT2D eigenvalue weighted by Gasteiger charge is 2.39. The Morgan fingerprint density at radius 3 is 2.67 bits per heavy atom. The van der Waals surface area contributed by atoms with Crippen LogP contribution in [-0.2, 0) is 35.5 Å². The van der Waals surface area contributed by atoms with Crippen molar-refractivity contribution in [3.05, 3.63) is 111 Å². The molecular formula is C38H36ClFN8O4. The number of ether oxygens (including phenoxy) is 1. The first-order valence-electron chi connectivity index (χ1n) is 17.2. The minimum absolute atomic E-state index is 0.103. The molecule has 2 aromatic heterocycles. The minimum Gasteiger partial charge on any atom is -0.443 e. The van der Waals surface area contributed by atoms with Crippen LogP contribution in [0.5, 0.6) is 0 Å². The first-order chi connectivity index (χ1) is 24.9. The molecule has 3 aliphatic rings. The molecule has 1 unspecified atom stereocenters. The zero-order valence-corrected chi connectivity index (χ0v) is 29.7. The van der Waals surface area contributed by atoms with Crippen LogP contribution < -0.4 is 10.2 Å². The van der Waals surface area contributed by atoms with Gasteiger partial charge < -0.3 is 15.0 Å². The number of fused-ring (bicyclic) bond motifs is 3. The van der Waals surface area contributed by atoms with Crippen LogP contribution >= 0.6 is 11.6 Å². The molecule has 1 atom stereocenters. The molecule has 3 amide bonds. The molecule has 12 nitrogen and oxygen atoms in total. The minimum atomic E-state index is -0.961. The van der Waals surface area contributed by atoms with Crippen molar-refractivity contribution in [2.75, 3.05) is 23.3 Å². The fraction of sp³-hybridized carbons (Fsp3) is 0.316. The summed E-state index contributed by atoms with van der Waals surface area (Å²) in [6.07, 6.45) is 3.43. The van der Waals surface area contributed by atoms with Gasteiger partial charge in [-0.25, -0.2) is 13.9 Å². The Kier molecular flexibility index (Phi) is 8.32. The molecule has 0 saturated heterocycles. The smallest absolute Gasteiger partial charge is 0.414 e. The number of amides is 3. The van der Waals surface area contributed by atoms with Crippen LogP contribution in [0, 0.1) is 5.82 Å². The number of halogens is 2. The van der Waals surface area contributed by atoms with E-state index in [1.165, 1.54) is 11.0 Å². The van der Waals surface area contributed by atoms with Crippen LogP contribution in [-0.4, -0.2) is 66.3 Å². The molecule has 3 aliphatic heterocycles. The summed E-state index contributed by atoms with van der Waals surface area (Å²) in [5.41, 5.74) is 5.10. The van der Waals surface area contributed by atoms with Gasteiger partial charge in [0.2, 0.25) is 5.91 Å². The van der Waals surface area contributed by atoms with Crippen molar-refractivity contribution in [2.24, 2.45) is 0 Å². The number of hydrogen-bond donors (Lipinski definition) is 1. The van der Waals surface area contributed by atoms with E-state index in [9.17, 15) is 14.4 Å². The van der Waals surface area contributed by atoms with Gasteiger partial charge in [0.1, 0.15) is 23.7 Å². The number of benzene rings is 3. The molecule has 14 heteroatoms. The van der Waals surface area contributed by atoms with Crippen LogP contribution in [0.15, 0.2) is 66.9 Å². The average molecular weight is 723 g/mol. The molecule has 3 aromatic carbocycles. The Labute approximate surface area is 304 Å². The first kappa shape index (κ1) is 33.6. The van der Waals surface area contributed by atoms with Crippen LogP contribution in [0.25, 0.3) is 11.3 Å². The highest BCUT2D eigenvalue weighted by Crippen LogP contribution is 2.41. The molecule has 5 heterocycles. The van der Waals surface area contributed by atoms with Gasteiger partial charge in [0, 0.05) is 40.5 Å². The summed E-state index contributed by atoms with van der Waals surface area (Å²) in [6.45, 7) is 6.40. The summed E-state index contributed by atoms with van der Waals surface area (Å²) < 4.78 is 24.7. The molecule has 0 radical (unpaired) electrons. The molecule has 8 rings (SSSR count). The van der Waals surface area contributed by atoms with E-state index in [1.54, 1.807) is 52.2 Å². The Bertz CT molecular complexity index is 2260. The van der Waals surface area contributed by atoms with E-state index in [4.69, 9.17) is 21.4 Å². The summed E-state index contributed by atoms with van der Waals surface area (Å²) in [5, 5.41) is 17.0. The predicted molar refractivity (Wildman–Crippen MR) is 192 cm³/mol. The monoisotopic (exact) mass is 722 g/mol. The second kappa shape index (κ2) is 12.9. The van der Waals surface area contributed by atoms with Crippen molar-refractivity contribution in [1.82, 2.24) is 29.7 Å². The molecule has 266 valence electrons. The number of nitrogens with one attached hydrogen (secondary N) is 1. The standard InChI is InChI=1S/C38H36ClFN8O4/c1-38(2,3)52-37(51)46-17-15-22-8-6-10-25(34(22)46)29-19-45(44-42-29)20-30-33(31-12-7-16-48(31)43-30)36(50)47-21-32(49)41-28-14-13-23(39)18-26(28)35(47)24-9-4-5-11-27(24)40/h4-6,8-11,13-14,18-19,35H,7,12,15-17,20-21H2,1-3H3,(H,41,49). The predicted octanol–water partition coefficient (Wildman–Crippen LogP) is 6.41. The summed E-state index contributed by atoms with van der Waals surface area (Å²) in [5.74, 6) is -1.39. The Morgan fingerprint density at radius 2 is 1.87 bits per heavy atom. The van der Waals surface area contributed by atoms with Crippen LogP contribution in [0.4, 0.5) is 20.6 Å². The van der Waals surface area contributed by atoms with E-state index in [-0.39, 0.29) is 18.7 Å². The molecule has 0 aliphatic carbocycles. The van der Waals surface area contributed by atoms with Gasteiger partial charge in [-0.3, -0.25) is 19.2 Å². The Hall–Kier alpha value is -5.56. The highest BCUT2D eigenvalue weighted by atomic mass is 35.5. The number of carbonyl (C=O) groups excluding carboxylic acids is 3. The number of anilines is 2. The number of aromatic nitrogens is 5. The zero-order valence-electron chi connectivity index (χ0n) is 28.9. The van der Waals surface area contributed by atoms with Crippen molar-refractivity contribution in [2.45, 2.75) is 64.8 Å². The van der Waals surface area contributed by atoms with Gasteiger partial charge in [0.05, 0.1) is 41.4 Å². The third kappa shape index (κ3) is 6.08. The third-order valence-corrected chi connectivity index (χ3v) is 9.77. The van der Waals surface area contributed by atoms with Crippen LogP contribution in [0.3, 0.4) is 0 Å². The quantitative estimate of drug-likeness (QED) is 0.222. The van der Waals surface area contributed by atoms with Gasteiger partial charge in [-0.1, -0.05) is 53.2 Å². The lowest BCUT2D eigenvalue weighted by molar-refractivity contribution is -0.117. The lowest BCUT2D eigenvalue weighted by atomic mass is 9.94. The Morgan fingerprint density at radius 1 is 1.04 bits per heavy atom. The summed E-state index contributed by atoms with van der Waals surface area (Å²) in [4.78, 5) is 44.5. The van der Waals surface area contributed by atoms with Crippen molar-refractivity contribution in [1.29, 1.82) is 0 Å². The lowest BCUT2D eigenvalue weighted by Crippen LogP contribution is -2.40. The summed E-state index contributed by atoms with van der Waals surface area (Å²) in [6, 6.07) is 16.0. The largest absolute Gasteiger partial charge is 0.443 e.